The molecule has 5 heteroatoms. The highest BCUT2D eigenvalue weighted by atomic mass is 35.5. The molecule has 3 nitrogen and oxygen atoms in total. The van der Waals surface area contributed by atoms with Gasteiger partial charge in [0.1, 0.15) is 5.82 Å². The smallest absolute Gasteiger partial charge is 0.239 e. The zero-order valence-electron chi connectivity index (χ0n) is 10.9. The molecule has 0 spiro atoms. The monoisotopic (exact) mass is 274 g/mol. The van der Waals surface area contributed by atoms with Gasteiger partial charge in [0.15, 0.2) is 0 Å². The van der Waals surface area contributed by atoms with Crippen molar-refractivity contribution in [3.05, 3.63) is 35.6 Å². The minimum absolute atomic E-state index is 0. The summed E-state index contributed by atoms with van der Waals surface area (Å²) in [6.07, 6.45) is 0. The van der Waals surface area contributed by atoms with Crippen LogP contribution in [0.3, 0.4) is 0 Å². The predicted molar refractivity (Wildman–Crippen MR) is 72.9 cm³/mol. The maximum atomic E-state index is 13.4. The summed E-state index contributed by atoms with van der Waals surface area (Å²) in [5.74, 6) is -0.390. The van der Waals surface area contributed by atoms with Gasteiger partial charge in [-0.15, -0.1) is 12.4 Å². The Kier molecular flexibility index (Phi) is 6.88. The standard InChI is InChI=1S/C13H19FN2O.ClH/c1-9(2)12(15)13(17)16(3)8-10-6-4-5-7-11(10)14;/h4-7,9,12H,8,15H2,1-3H3;1H. The van der Waals surface area contributed by atoms with Crippen molar-refractivity contribution in [2.24, 2.45) is 11.7 Å². The number of hydrogen-bond acceptors (Lipinski definition) is 2. The highest BCUT2D eigenvalue weighted by Crippen LogP contribution is 2.10. The van der Waals surface area contributed by atoms with Crippen LogP contribution in [0.25, 0.3) is 0 Å². The van der Waals surface area contributed by atoms with E-state index in [4.69, 9.17) is 5.73 Å². The molecule has 0 aromatic heterocycles. The van der Waals surface area contributed by atoms with Crippen molar-refractivity contribution in [1.29, 1.82) is 0 Å². The molecule has 0 saturated carbocycles. The molecule has 0 aliphatic carbocycles. The summed E-state index contributed by atoms with van der Waals surface area (Å²) >= 11 is 0. The maximum Gasteiger partial charge on any atom is 0.239 e. The third-order valence-corrected chi connectivity index (χ3v) is 2.74. The molecule has 1 aromatic carbocycles. The first-order chi connectivity index (χ1) is 7.93. The third-order valence-electron chi connectivity index (χ3n) is 2.74. The average Bonchev–Trinajstić information content (AvgIpc) is 2.30. The normalized spacial score (nSPS) is 11.9. The van der Waals surface area contributed by atoms with E-state index in [1.807, 2.05) is 13.8 Å². The zero-order chi connectivity index (χ0) is 13.0. The molecular formula is C13H20ClFN2O. The number of amides is 1. The largest absolute Gasteiger partial charge is 0.340 e. The SMILES string of the molecule is CC(C)C(N)C(=O)N(C)Cc1ccccc1F.Cl. The quantitative estimate of drug-likeness (QED) is 0.915. The Bertz CT molecular complexity index is 398. The number of nitrogens with two attached hydrogens (primary N) is 1. The highest BCUT2D eigenvalue weighted by molar-refractivity contribution is 5.85. The van der Waals surface area contributed by atoms with E-state index in [1.54, 1.807) is 25.2 Å². The van der Waals surface area contributed by atoms with E-state index in [2.05, 4.69) is 0 Å². The van der Waals surface area contributed by atoms with Gasteiger partial charge in [-0.2, -0.15) is 0 Å². The minimum atomic E-state index is -0.535. The molecule has 102 valence electrons. The lowest BCUT2D eigenvalue weighted by Crippen LogP contribution is -2.44. The van der Waals surface area contributed by atoms with Gasteiger partial charge in [0.2, 0.25) is 5.91 Å². The van der Waals surface area contributed by atoms with Crippen LogP contribution in [0.15, 0.2) is 24.3 Å². The molecule has 1 aromatic rings. The van der Waals surface area contributed by atoms with Crippen molar-refractivity contribution in [1.82, 2.24) is 4.90 Å². The highest BCUT2D eigenvalue weighted by Gasteiger charge is 2.21. The Morgan fingerprint density at radius 3 is 2.44 bits per heavy atom. The van der Waals surface area contributed by atoms with Crippen LogP contribution in [0.2, 0.25) is 0 Å². The molecule has 0 heterocycles. The van der Waals surface area contributed by atoms with Crippen molar-refractivity contribution < 1.29 is 9.18 Å². The van der Waals surface area contributed by atoms with Crippen molar-refractivity contribution in [2.45, 2.75) is 26.4 Å². The molecule has 0 aliphatic rings. The van der Waals surface area contributed by atoms with Gasteiger partial charge >= 0.3 is 0 Å². The Morgan fingerprint density at radius 1 is 1.39 bits per heavy atom. The molecule has 1 atom stereocenters. The summed E-state index contributed by atoms with van der Waals surface area (Å²) in [6.45, 7) is 4.02. The van der Waals surface area contributed by atoms with E-state index in [0.717, 1.165) is 0 Å². The Hall–Kier alpha value is -1.13. The third kappa shape index (κ3) is 4.27. The first kappa shape index (κ1) is 16.9. The van der Waals surface area contributed by atoms with Crippen LogP contribution in [0.4, 0.5) is 4.39 Å². The van der Waals surface area contributed by atoms with Crippen LogP contribution >= 0.6 is 12.4 Å². The summed E-state index contributed by atoms with van der Waals surface area (Å²) in [5, 5.41) is 0. The van der Waals surface area contributed by atoms with Crippen LogP contribution in [-0.4, -0.2) is 23.9 Å². The van der Waals surface area contributed by atoms with Crippen LogP contribution in [0.5, 0.6) is 0 Å². The van der Waals surface area contributed by atoms with E-state index in [0.29, 0.717) is 5.56 Å². The lowest BCUT2D eigenvalue weighted by atomic mass is 10.0. The van der Waals surface area contributed by atoms with Gasteiger partial charge in [-0.05, 0) is 12.0 Å². The number of hydrogen-bond donors (Lipinski definition) is 1. The Balaban J connectivity index is 0.00000289. The molecule has 0 aliphatic heterocycles. The summed E-state index contributed by atoms with van der Waals surface area (Å²) in [4.78, 5) is 13.3. The fourth-order valence-electron chi connectivity index (χ4n) is 1.50. The van der Waals surface area contributed by atoms with Crippen molar-refractivity contribution in [2.75, 3.05) is 7.05 Å². The molecule has 1 rings (SSSR count). The average molecular weight is 275 g/mol. The molecule has 0 saturated heterocycles. The van der Waals surface area contributed by atoms with Crippen molar-refractivity contribution in [3.63, 3.8) is 0 Å². The molecule has 2 N–H and O–H groups in total. The van der Waals surface area contributed by atoms with E-state index in [9.17, 15) is 9.18 Å². The number of benzene rings is 1. The van der Waals surface area contributed by atoms with E-state index < -0.39 is 6.04 Å². The topological polar surface area (TPSA) is 46.3 Å². The van der Waals surface area contributed by atoms with Crippen molar-refractivity contribution in [3.8, 4) is 0 Å². The fourth-order valence-corrected chi connectivity index (χ4v) is 1.50. The summed E-state index contributed by atoms with van der Waals surface area (Å²) in [5.41, 5.74) is 6.27. The number of halogens is 2. The maximum absolute atomic E-state index is 13.4. The van der Waals surface area contributed by atoms with Crippen molar-refractivity contribution >= 4 is 18.3 Å². The lowest BCUT2D eigenvalue weighted by Gasteiger charge is -2.23. The Labute approximate surface area is 114 Å². The molecule has 18 heavy (non-hydrogen) atoms. The summed E-state index contributed by atoms with van der Waals surface area (Å²) in [6, 6.07) is 5.89. The van der Waals surface area contributed by atoms with Gasteiger partial charge in [-0.1, -0.05) is 32.0 Å². The van der Waals surface area contributed by atoms with Crippen LogP contribution in [-0.2, 0) is 11.3 Å². The minimum Gasteiger partial charge on any atom is -0.340 e. The van der Waals surface area contributed by atoms with Gasteiger partial charge in [0.05, 0.1) is 6.04 Å². The number of nitrogens with zero attached hydrogens (tertiary/aromatic N) is 1. The van der Waals surface area contributed by atoms with Gasteiger partial charge in [0.25, 0.3) is 0 Å². The molecule has 0 bridgehead atoms. The van der Waals surface area contributed by atoms with Crippen LogP contribution in [0.1, 0.15) is 19.4 Å². The number of likely N-dealkylation sites (N-methyl/N-ethyl adjacent to an activating group) is 1. The summed E-state index contributed by atoms with van der Waals surface area (Å²) < 4.78 is 13.4. The lowest BCUT2D eigenvalue weighted by molar-refractivity contribution is -0.132. The summed E-state index contributed by atoms with van der Waals surface area (Å²) in [7, 11) is 1.64. The van der Waals surface area contributed by atoms with Gasteiger partial charge in [0, 0.05) is 19.2 Å². The second kappa shape index (κ2) is 7.34. The van der Waals surface area contributed by atoms with E-state index in [-0.39, 0.29) is 36.6 Å². The van der Waals surface area contributed by atoms with E-state index in [1.165, 1.54) is 11.0 Å². The molecule has 1 amide bonds. The Morgan fingerprint density at radius 2 is 1.94 bits per heavy atom. The second-order valence-corrected chi connectivity index (χ2v) is 4.56. The van der Waals surface area contributed by atoms with Crippen LogP contribution in [0, 0.1) is 11.7 Å². The fraction of sp³-hybridized carbons (Fsp3) is 0.462. The van der Waals surface area contributed by atoms with Crippen LogP contribution < -0.4 is 5.73 Å². The first-order valence-electron chi connectivity index (χ1n) is 5.67. The zero-order valence-corrected chi connectivity index (χ0v) is 11.7. The molecule has 0 fully saturated rings. The number of carbonyl (C=O) groups excluding carboxylic acids is 1. The second-order valence-electron chi connectivity index (χ2n) is 4.56. The van der Waals surface area contributed by atoms with Gasteiger partial charge in [-0.3, -0.25) is 4.79 Å². The van der Waals surface area contributed by atoms with Gasteiger partial charge in [-0.25, -0.2) is 4.39 Å². The molecule has 1 unspecified atom stereocenters. The molecular weight excluding hydrogens is 255 g/mol. The van der Waals surface area contributed by atoms with Gasteiger partial charge < -0.3 is 10.6 Å². The predicted octanol–water partition coefficient (Wildman–Crippen LogP) is 2.19. The number of rotatable bonds is 4. The first-order valence-corrected chi connectivity index (χ1v) is 5.67. The number of carbonyl (C=O) groups is 1. The van der Waals surface area contributed by atoms with E-state index >= 15 is 0 Å². The molecule has 0 radical (unpaired) electrons.